The number of carboxylic acid groups (broad SMARTS) is 1. The number of fused-ring (bicyclic) bond motifs is 5. The second kappa shape index (κ2) is 17.0. The summed E-state index contributed by atoms with van der Waals surface area (Å²) in [6.07, 6.45) is 6.86. The highest BCUT2D eigenvalue weighted by atomic mass is 35.5. The lowest BCUT2D eigenvalue weighted by atomic mass is 9.96. The summed E-state index contributed by atoms with van der Waals surface area (Å²) in [5.41, 5.74) is 1.33. The number of aliphatic carboxylic acids is 1. The number of nitro benzene ring substituents is 1. The van der Waals surface area contributed by atoms with Crippen molar-refractivity contribution >= 4 is 46.9 Å². The maximum Gasteiger partial charge on any atom is 0.409 e. The van der Waals surface area contributed by atoms with Gasteiger partial charge in [-0.05, 0) is 56.5 Å². The van der Waals surface area contributed by atoms with Crippen molar-refractivity contribution in [3.8, 4) is 5.75 Å². The number of halogens is 1. The molecule has 3 aliphatic heterocycles. The molecule has 2 fully saturated rings. The number of anilines is 1. The van der Waals surface area contributed by atoms with E-state index in [0.29, 0.717) is 42.1 Å². The fraction of sp³-hybridized carbons (Fsp3) is 0.444. The zero-order valence-corrected chi connectivity index (χ0v) is 30.3. The normalized spacial score (nSPS) is 25.3. The number of benzene rings is 2. The van der Waals surface area contributed by atoms with Crippen LogP contribution in [0, 0.1) is 10.1 Å². The van der Waals surface area contributed by atoms with Crippen LogP contribution >= 0.6 is 11.6 Å². The summed E-state index contributed by atoms with van der Waals surface area (Å²) < 4.78 is 16.5. The lowest BCUT2D eigenvalue weighted by molar-refractivity contribution is -0.384. The van der Waals surface area contributed by atoms with Crippen LogP contribution in [0.1, 0.15) is 61.9 Å². The number of rotatable bonds is 5. The van der Waals surface area contributed by atoms with Gasteiger partial charge in [0.15, 0.2) is 0 Å². The van der Waals surface area contributed by atoms with Gasteiger partial charge in [0.2, 0.25) is 5.91 Å². The van der Waals surface area contributed by atoms with Crippen LogP contribution in [0.5, 0.6) is 5.75 Å². The van der Waals surface area contributed by atoms with Crippen LogP contribution in [0.25, 0.3) is 0 Å². The molecule has 3 unspecified atom stereocenters. The van der Waals surface area contributed by atoms with Crippen LogP contribution < -0.4 is 15.0 Å². The summed E-state index contributed by atoms with van der Waals surface area (Å²) in [6.45, 7) is 3.38. The molecule has 2 saturated heterocycles. The van der Waals surface area contributed by atoms with Crippen molar-refractivity contribution in [2.75, 3.05) is 26.1 Å². The van der Waals surface area contributed by atoms with Gasteiger partial charge in [0.05, 0.1) is 29.9 Å². The molecule has 15 nitrogen and oxygen atoms in total. The fourth-order valence-electron chi connectivity index (χ4n) is 5.85. The average Bonchev–Trinajstić information content (AvgIpc) is 3.84. The molecule has 5 atom stereocenters. The molecular formula is C36H43ClN4O11. The lowest BCUT2D eigenvalue weighted by Gasteiger charge is -2.36. The van der Waals surface area contributed by atoms with E-state index in [1.54, 1.807) is 19.1 Å². The highest BCUT2D eigenvalue weighted by Crippen LogP contribution is 2.38. The Morgan fingerprint density at radius 2 is 1.90 bits per heavy atom. The molecule has 2 aromatic carbocycles. The molecule has 5 rings (SSSR count). The molecule has 16 heteroatoms. The van der Waals surface area contributed by atoms with Crippen molar-refractivity contribution in [1.29, 1.82) is 0 Å². The molecule has 4 bridgehead atoms. The van der Waals surface area contributed by atoms with Crippen molar-refractivity contribution in [2.24, 2.45) is 0 Å². The van der Waals surface area contributed by atoms with Gasteiger partial charge in [-0.1, -0.05) is 35.4 Å². The van der Waals surface area contributed by atoms with Crippen molar-refractivity contribution in [2.45, 2.75) is 82.5 Å². The molecule has 52 heavy (non-hydrogen) atoms. The first kappa shape index (κ1) is 39.8. The average molecular weight is 743 g/mol. The molecule has 3 N–H and O–H groups in total. The minimum Gasteiger partial charge on any atom is -0.495 e. The van der Waals surface area contributed by atoms with Crippen molar-refractivity contribution in [3.63, 3.8) is 0 Å². The number of carboxylic acids is 1. The van der Waals surface area contributed by atoms with Crippen molar-refractivity contribution in [3.05, 3.63) is 86.5 Å². The smallest absolute Gasteiger partial charge is 0.409 e. The molecule has 0 spiro atoms. The van der Waals surface area contributed by atoms with Gasteiger partial charge in [-0.3, -0.25) is 25.0 Å². The first-order chi connectivity index (χ1) is 24.5. The molecule has 2 aromatic rings. The molecule has 0 aromatic heterocycles. The summed E-state index contributed by atoms with van der Waals surface area (Å²) in [5, 5.41) is 33.1. The number of nitro groups is 1. The number of carbonyl (C=O) groups is 4. The number of carbonyl (C=O) groups excluding carboxylic acids is 3. The zero-order chi connectivity index (χ0) is 38.3. The highest BCUT2D eigenvalue weighted by Gasteiger charge is 2.45. The summed E-state index contributed by atoms with van der Waals surface area (Å²) in [6, 6.07) is 7.81. The van der Waals surface area contributed by atoms with Crippen LogP contribution in [0.4, 0.5) is 16.2 Å². The molecular weight excluding hydrogens is 700 g/mol. The van der Waals surface area contributed by atoms with Crippen LogP contribution in [0.15, 0.2) is 60.2 Å². The molecule has 3 amide bonds. The first-order valence-corrected chi connectivity index (χ1v) is 17.0. The van der Waals surface area contributed by atoms with E-state index in [4.69, 9.17) is 30.9 Å². The van der Waals surface area contributed by atoms with Gasteiger partial charge >= 0.3 is 12.1 Å². The molecule has 0 saturated carbocycles. The number of aliphatic hydroxyl groups is 1. The van der Waals surface area contributed by atoms with Crippen LogP contribution in [0.2, 0.25) is 5.02 Å². The van der Waals surface area contributed by atoms with E-state index in [1.807, 2.05) is 37.3 Å². The number of epoxide rings is 1. The fourth-order valence-corrected chi connectivity index (χ4v) is 6.17. The number of allylic oxidation sites excluding steroid dienone is 3. The number of alkyl carbamates (subject to hydrolysis) is 1. The maximum atomic E-state index is 12.9. The lowest BCUT2D eigenvalue weighted by Crippen LogP contribution is -2.56. The Balaban J connectivity index is 0.000000284. The predicted molar refractivity (Wildman–Crippen MR) is 190 cm³/mol. The minimum absolute atomic E-state index is 0.0777. The van der Waals surface area contributed by atoms with Crippen molar-refractivity contribution < 1.29 is 48.5 Å². The number of nitrogens with zero attached hydrogens (tertiary/aromatic N) is 3. The SMILES string of the molecule is COc1cc2cc(c1Cl)N(C)C(=O)CCC1OC1CC1C[C@](O)(C/C=C/C=C(\C)C2)NC(=O)O1.C[C@@H](C(=O)O)N(C)C(=O)c1ccc([N+](=O)[O-])cc1. The van der Waals surface area contributed by atoms with Gasteiger partial charge in [0, 0.05) is 57.5 Å². The summed E-state index contributed by atoms with van der Waals surface area (Å²) in [7, 11) is 4.63. The quantitative estimate of drug-likeness (QED) is 0.211. The van der Waals surface area contributed by atoms with Crippen LogP contribution in [-0.2, 0) is 25.5 Å². The molecule has 0 radical (unpaired) electrons. The van der Waals surface area contributed by atoms with Gasteiger partial charge < -0.3 is 34.2 Å². The van der Waals surface area contributed by atoms with Crippen molar-refractivity contribution in [1.82, 2.24) is 10.2 Å². The third kappa shape index (κ3) is 10.3. The summed E-state index contributed by atoms with van der Waals surface area (Å²) in [4.78, 5) is 60.1. The topological polar surface area (TPSA) is 201 Å². The van der Waals surface area contributed by atoms with E-state index in [2.05, 4.69) is 5.32 Å². The number of hydrogen-bond acceptors (Lipinski definition) is 10. The van der Waals surface area contributed by atoms with Gasteiger partial charge in [0.1, 0.15) is 28.6 Å². The Morgan fingerprint density at radius 1 is 1.21 bits per heavy atom. The number of non-ortho nitro benzene ring substituents is 1. The van der Waals surface area contributed by atoms with E-state index in [-0.39, 0.29) is 42.2 Å². The Bertz CT molecular complexity index is 1750. The van der Waals surface area contributed by atoms with Gasteiger partial charge in [0.25, 0.3) is 11.6 Å². The summed E-state index contributed by atoms with van der Waals surface area (Å²) in [5.74, 6) is -1.18. The standard InChI is InChI=1S/C25H31ClN2O6.C11H12N2O5/c1-15-6-4-5-9-25(31)14-17(33-24(30)27-25)13-20-19(34-20)7-8-22(29)28(2)18-11-16(10-15)12-21(32-3)23(18)26;1-7(11(15)16)12(2)10(14)8-3-5-9(6-4-8)13(17)18/h4-6,11-12,17,19-20,31H,7-10,13-14H2,1-3H3,(H,27,30);3-7H,1-2H3,(H,15,16)/b5-4+,15-6+;/t17?,19?,20?,25-;7-/m10/s1. The highest BCUT2D eigenvalue weighted by molar-refractivity contribution is 6.35. The number of methoxy groups -OCH3 is 1. The number of likely N-dealkylation sites (N-methyl/N-ethyl adjacent to an activating group) is 1. The van der Waals surface area contributed by atoms with E-state index in [9.17, 15) is 34.4 Å². The van der Waals surface area contributed by atoms with Crippen LogP contribution in [0.3, 0.4) is 0 Å². The van der Waals surface area contributed by atoms with Gasteiger partial charge in [-0.15, -0.1) is 0 Å². The van der Waals surface area contributed by atoms with Gasteiger partial charge in [-0.2, -0.15) is 0 Å². The number of hydrogen-bond donors (Lipinski definition) is 3. The summed E-state index contributed by atoms with van der Waals surface area (Å²) >= 11 is 6.54. The zero-order valence-electron chi connectivity index (χ0n) is 29.5. The minimum atomic E-state index is -1.37. The third-order valence-corrected chi connectivity index (χ3v) is 9.45. The van der Waals surface area contributed by atoms with E-state index >= 15 is 0 Å². The first-order valence-electron chi connectivity index (χ1n) is 16.6. The van der Waals surface area contributed by atoms with E-state index in [0.717, 1.165) is 16.0 Å². The number of ether oxygens (including phenoxy) is 3. The predicted octanol–water partition coefficient (Wildman–Crippen LogP) is 5.02. The monoisotopic (exact) mass is 742 g/mol. The maximum absolute atomic E-state index is 12.9. The Kier molecular flexibility index (Phi) is 13.0. The molecule has 3 aliphatic rings. The number of nitrogens with one attached hydrogen (secondary N) is 1. The largest absolute Gasteiger partial charge is 0.495 e. The second-order valence-electron chi connectivity index (χ2n) is 13.0. The molecule has 3 heterocycles. The van der Waals surface area contributed by atoms with Gasteiger partial charge in [-0.25, -0.2) is 9.59 Å². The number of amides is 3. The van der Waals surface area contributed by atoms with E-state index in [1.165, 1.54) is 38.2 Å². The molecule has 0 aliphatic carbocycles. The Hall–Kier alpha value is -4.99. The second-order valence-corrected chi connectivity index (χ2v) is 13.4. The third-order valence-electron chi connectivity index (χ3n) is 9.07. The van der Waals surface area contributed by atoms with E-state index < -0.39 is 40.8 Å². The Labute approximate surface area is 305 Å². The van der Waals surface area contributed by atoms with Crippen LogP contribution in [-0.4, -0.2) is 95.2 Å². The molecule has 280 valence electrons. The Morgan fingerprint density at radius 3 is 2.54 bits per heavy atom.